The summed E-state index contributed by atoms with van der Waals surface area (Å²) in [6, 6.07) is 0.810. The maximum absolute atomic E-state index is 6.15. The van der Waals surface area contributed by atoms with Crippen molar-refractivity contribution in [3.05, 3.63) is 18.2 Å². The van der Waals surface area contributed by atoms with Crippen LogP contribution in [-0.2, 0) is 6.42 Å². The lowest BCUT2D eigenvalue weighted by atomic mass is 9.90. The normalized spacial score (nSPS) is 27.9. The van der Waals surface area contributed by atoms with E-state index >= 15 is 0 Å². The van der Waals surface area contributed by atoms with E-state index in [9.17, 15) is 0 Å². The molecule has 3 nitrogen and oxygen atoms in total. The topological polar surface area (TPSA) is 43.8 Å². The Morgan fingerprint density at radius 3 is 3.00 bits per heavy atom. The molecule has 1 aromatic heterocycles. The molecule has 14 heavy (non-hydrogen) atoms. The van der Waals surface area contributed by atoms with Crippen LogP contribution in [0.3, 0.4) is 0 Å². The molecule has 2 atom stereocenters. The molecule has 2 N–H and O–H groups in total. The van der Waals surface area contributed by atoms with E-state index in [1.165, 1.54) is 25.0 Å². The van der Waals surface area contributed by atoms with Crippen molar-refractivity contribution >= 4 is 0 Å². The first-order valence-electron chi connectivity index (χ1n) is 5.59. The van der Waals surface area contributed by atoms with Gasteiger partial charge in [0.15, 0.2) is 0 Å². The van der Waals surface area contributed by atoms with Gasteiger partial charge in [0.2, 0.25) is 0 Å². The molecule has 0 aliphatic heterocycles. The van der Waals surface area contributed by atoms with Gasteiger partial charge in [-0.2, -0.15) is 0 Å². The molecule has 0 aromatic carbocycles. The summed E-state index contributed by atoms with van der Waals surface area (Å²) in [6.07, 6.45) is 9.91. The SMILES string of the molecule is CCc1cncn1C1CCCCC1N. The molecule has 2 rings (SSSR count). The number of nitrogens with two attached hydrogens (primary N) is 1. The van der Waals surface area contributed by atoms with Crippen molar-refractivity contribution in [1.82, 2.24) is 9.55 Å². The van der Waals surface area contributed by atoms with Crippen molar-refractivity contribution in [3.63, 3.8) is 0 Å². The van der Waals surface area contributed by atoms with Gasteiger partial charge in [0, 0.05) is 24.0 Å². The van der Waals surface area contributed by atoms with Gasteiger partial charge in [-0.15, -0.1) is 0 Å². The van der Waals surface area contributed by atoms with E-state index in [0.29, 0.717) is 12.1 Å². The second kappa shape index (κ2) is 4.13. The Kier molecular flexibility index (Phi) is 2.87. The number of aromatic nitrogens is 2. The zero-order valence-electron chi connectivity index (χ0n) is 8.82. The third-order valence-electron chi connectivity index (χ3n) is 3.25. The monoisotopic (exact) mass is 193 g/mol. The van der Waals surface area contributed by atoms with Crippen LogP contribution in [0.1, 0.15) is 44.3 Å². The molecular weight excluding hydrogens is 174 g/mol. The fourth-order valence-electron chi connectivity index (χ4n) is 2.39. The fraction of sp³-hybridized carbons (Fsp3) is 0.727. The molecule has 1 saturated carbocycles. The predicted octanol–water partition coefficient (Wildman–Crippen LogP) is 1.89. The van der Waals surface area contributed by atoms with Gasteiger partial charge < -0.3 is 10.3 Å². The number of imidazole rings is 1. The van der Waals surface area contributed by atoms with E-state index in [0.717, 1.165) is 12.8 Å². The number of rotatable bonds is 2. The van der Waals surface area contributed by atoms with Gasteiger partial charge in [-0.05, 0) is 19.3 Å². The van der Waals surface area contributed by atoms with Gasteiger partial charge in [-0.3, -0.25) is 0 Å². The minimum Gasteiger partial charge on any atom is -0.330 e. The molecule has 1 heterocycles. The zero-order chi connectivity index (χ0) is 9.97. The van der Waals surface area contributed by atoms with E-state index in [1.54, 1.807) is 0 Å². The van der Waals surface area contributed by atoms with Crippen LogP contribution in [0.2, 0.25) is 0 Å². The van der Waals surface area contributed by atoms with E-state index in [4.69, 9.17) is 5.73 Å². The molecule has 1 fully saturated rings. The Hall–Kier alpha value is -0.830. The Balaban J connectivity index is 2.20. The van der Waals surface area contributed by atoms with E-state index < -0.39 is 0 Å². The molecule has 0 spiro atoms. The number of aryl methyl sites for hydroxylation is 1. The summed E-state index contributed by atoms with van der Waals surface area (Å²) in [7, 11) is 0. The van der Waals surface area contributed by atoms with Crippen LogP contribution in [0, 0.1) is 0 Å². The van der Waals surface area contributed by atoms with Crippen LogP contribution < -0.4 is 5.73 Å². The molecule has 2 unspecified atom stereocenters. The summed E-state index contributed by atoms with van der Waals surface area (Å²) in [6.45, 7) is 2.17. The molecule has 0 bridgehead atoms. The summed E-state index contributed by atoms with van der Waals surface area (Å²) in [5.41, 5.74) is 7.46. The van der Waals surface area contributed by atoms with Gasteiger partial charge in [-0.1, -0.05) is 19.8 Å². The number of nitrogens with zero attached hydrogens (tertiary/aromatic N) is 2. The molecule has 0 saturated heterocycles. The third kappa shape index (κ3) is 1.69. The lowest BCUT2D eigenvalue weighted by molar-refractivity contribution is 0.301. The molecule has 3 heteroatoms. The smallest absolute Gasteiger partial charge is 0.0951 e. The average Bonchev–Trinajstić information content (AvgIpc) is 2.66. The second-order valence-corrected chi connectivity index (χ2v) is 4.16. The zero-order valence-corrected chi connectivity index (χ0v) is 8.82. The highest BCUT2D eigenvalue weighted by atomic mass is 15.1. The van der Waals surface area contributed by atoms with Crippen LogP contribution in [-0.4, -0.2) is 15.6 Å². The Morgan fingerprint density at radius 1 is 1.50 bits per heavy atom. The summed E-state index contributed by atoms with van der Waals surface area (Å²) in [5.74, 6) is 0. The molecule has 1 aliphatic rings. The third-order valence-corrected chi connectivity index (χ3v) is 3.25. The van der Waals surface area contributed by atoms with Gasteiger partial charge in [0.05, 0.1) is 6.33 Å². The summed E-state index contributed by atoms with van der Waals surface area (Å²) < 4.78 is 2.28. The molecular formula is C11H19N3. The van der Waals surface area contributed by atoms with Crippen molar-refractivity contribution in [2.24, 2.45) is 5.73 Å². The summed E-state index contributed by atoms with van der Waals surface area (Å²) >= 11 is 0. The lowest BCUT2D eigenvalue weighted by Crippen LogP contribution is -2.35. The maximum Gasteiger partial charge on any atom is 0.0951 e. The molecule has 1 aromatic rings. The van der Waals surface area contributed by atoms with Crippen molar-refractivity contribution < 1.29 is 0 Å². The highest BCUT2D eigenvalue weighted by Gasteiger charge is 2.24. The van der Waals surface area contributed by atoms with Crippen LogP contribution in [0.4, 0.5) is 0 Å². The minimum atomic E-state index is 0.322. The summed E-state index contributed by atoms with van der Waals surface area (Å²) in [4.78, 5) is 4.21. The Bertz CT molecular complexity index is 292. The second-order valence-electron chi connectivity index (χ2n) is 4.16. The van der Waals surface area contributed by atoms with Gasteiger partial charge in [0.1, 0.15) is 0 Å². The highest BCUT2D eigenvalue weighted by molar-refractivity contribution is 5.02. The van der Waals surface area contributed by atoms with Crippen molar-refractivity contribution in [1.29, 1.82) is 0 Å². The highest BCUT2D eigenvalue weighted by Crippen LogP contribution is 2.28. The van der Waals surface area contributed by atoms with Gasteiger partial charge in [0.25, 0.3) is 0 Å². The Labute approximate surface area is 85.3 Å². The van der Waals surface area contributed by atoms with Crippen molar-refractivity contribution in [2.45, 2.75) is 51.1 Å². The molecule has 1 aliphatic carbocycles. The predicted molar refractivity (Wildman–Crippen MR) is 57.1 cm³/mol. The number of hydrogen-bond acceptors (Lipinski definition) is 2. The first kappa shape index (κ1) is 9.71. The molecule has 0 radical (unpaired) electrons. The molecule has 78 valence electrons. The first-order valence-corrected chi connectivity index (χ1v) is 5.59. The van der Waals surface area contributed by atoms with E-state index in [1.807, 2.05) is 12.5 Å². The van der Waals surface area contributed by atoms with Gasteiger partial charge in [-0.25, -0.2) is 4.98 Å². The molecule has 0 amide bonds. The Morgan fingerprint density at radius 2 is 2.29 bits per heavy atom. The van der Waals surface area contributed by atoms with Crippen LogP contribution in [0.5, 0.6) is 0 Å². The van der Waals surface area contributed by atoms with Crippen LogP contribution in [0.15, 0.2) is 12.5 Å². The largest absolute Gasteiger partial charge is 0.330 e. The maximum atomic E-state index is 6.15. The van der Waals surface area contributed by atoms with Crippen LogP contribution >= 0.6 is 0 Å². The standard InChI is InChI=1S/C11H19N3/c1-2-9-7-13-8-14(9)11-6-4-3-5-10(11)12/h7-8,10-11H,2-6,12H2,1H3. The van der Waals surface area contributed by atoms with Gasteiger partial charge >= 0.3 is 0 Å². The number of hydrogen-bond donors (Lipinski definition) is 1. The van der Waals surface area contributed by atoms with E-state index in [2.05, 4.69) is 16.5 Å². The average molecular weight is 193 g/mol. The fourth-order valence-corrected chi connectivity index (χ4v) is 2.39. The lowest BCUT2D eigenvalue weighted by Gasteiger charge is -2.30. The van der Waals surface area contributed by atoms with E-state index in [-0.39, 0.29) is 0 Å². The first-order chi connectivity index (χ1) is 6.83. The minimum absolute atomic E-state index is 0.322. The van der Waals surface area contributed by atoms with Crippen molar-refractivity contribution in [3.8, 4) is 0 Å². The van der Waals surface area contributed by atoms with Crippen LogP contribution in [0.25, 0.3) is 0 Å². The quantitative estimate of drug-likeness (QED) is 0.779. The van der Waals surface area contributed by atoms with Crippen molar-refractivity contribution in [2.75, 3.05) is 0 Å². The summed E-state index contributed by atoms with van der Waals surface area (Å²) in [5, 5.41) is 0.